The number of terminal acetylenes is 1. The van der Waals surface area contributed by atoms with Crippen molar-refractivity contribution < 1.29 is 41.9 Å². The van der Waals surface area contributed by atoms with Crippen LogP contribution in [0, 0.1) is 23.2 Å². The quantitative estimate of drug-likeness (QED) is 0.110. The first-order chi connectivity index (χ1) is 28.2. The van der Waals surface area contributed by atoms with Crippen LogP contribution in [0.4, 0.5) is 9.59 Å². The molecule has 60 heavy (non-hydrogen) atoms. The number of hydrogen-bond acceptors (Lipinski definition) is 9. The van der Waals surface area contributed by atoms with E-state index in [-0.39, 0.29) is 38.9 Å². The zero-order valence-corrected chi connectivity index (χ0v) is 36.7. The number of amides is 6. The Kier molecular flexibility index (Phi) is 16.3. The van der Waals surface area contributed by atoms with Gasteiger partial charge in [0.25, 0.3) is 5.91 Å². The maximum absolute atomic E-state index is 15.1. The molecular weight excluding hydrogens is 791 g/mol. The first-order valence-corrected chi connectivity index (χ1v) is 22.5. The molecule has 4 N–H and O–H groups in total. The van der Waals surface area contributed by atoms with Gasteiger partial charge in [0, 0.05) is 52.1 Å². The first kappa shape index (κ1) is 47.7. The van der Waals surface area contributed by atoms with Gasteiger partial charge in [-0.15, -0.1) is 18.9 Å². The Hall–Kier alpha value is -4.95. The number of likely N-dealkylation sites (N-methyl/N-ethyl adjacent to an activating group) is 1. The lowest BCUT2D eigenvalue weighted by molar-refractivity contribution is -0.144. The molecular formula is C43H63N7O9S. The van der Waals surface area contributed by atoms with Gasteiger partial charge in [-0.1, -0.05) is 77.3 Å². The third-order valence-electron chi connectivity index (χ3n) is 11.9. The van der Waals surface area contributed by atoms with Gasteiger partial charge in [-0.3, -0.25) is 19.2 Å². The fourth-order valence-corrected chi connectivity index (χ4v) is 8.45. The third-order valence-corrected chi connectivity index (χ3v) is 13.2. The molecule has 0 aromatic heterocycles. The number of rotatable bonds is 16. The second kappa shape index (κ2) is 20.5. The number of carbonyl (C=O) groups excluding carboxylic acids is 6. The van der Waals surface area contributed by atoms with E-state index in [1.165, 1.54) is 18.0 Å². The van der Waals surface area contributed by atoms with Gasteiger partial charge in [-0.25, -0.2) is 22.3 Å². The summed E-state index contributed by atoms with van der Waals surface area (Å²) in [4.78, 5) is 85.9. The number of carbonyl (C=O) groups is 6. The van der Waals surface area contributed by atoms with E-state index in [4.69, 9.17) is 11.2 Å². The number of nitrogens with one attached hydrogen (secondary N) is 4. The van der Waals surface area contributed by atoms with Crippen LogP contribution < -0.4 is 21.3 Å². The number of Topliss-reactive ketones (excluding diaryl/α,β-unsaturated/α-hetero) is 1. The van der Waals surface area contributed by atoms with Gasteiger partial charge in [-0.05, 0) is 47.6 Å². The number of benzene rings is 1. The highest BCUT2D eigenvalue weighted by Crippen LogP contribution is 2.40. The van der Waals surface area contributed by atoms with Gasteiger partial charge < -0.3 is 35.8 Å². The molecule has 1 aromatic rings. The number of fused-ring (bicyclic) bond motifs is 1. The molecule has 0 spiro atoms. The minimum atomic E-state index is -3.58. The molecule has 1 aromatic carbocycles. The van der Waals surface area contributed by atoms with Crippen LogP contribution in [0.25, 0.3) is 0 Å². The summed E-state index contributed by atoms with van der Waals surface area (Å²) in [6, 6.07) is 2.71. The van der Waals surface area contributed by atoms with E-state index in [0.29, 0.717) is 32.4 Å². The second-order valence-electron chi connectivity index (χ2n) is 17.6. The smallest absolute Gasteiger partial charge is 0.410 e. The zero-order chi connectivity index (χ0) is 44.4. The second-order valence-corrected chi connectivity index (χ2v) is 19.7. The standard InChI is InChI=1S/C43H63N7O9S/c1-9-11-19-32(35(51)38(53)44-23-10-2)45-37(52)33-25-31(59-41(56)49-24-20-29-17-13-14-18-30(29)26-49)27-50(33)39(54)36(43(6)21-15-12-16-22-43)47-40(55)46-34(42(3,4)5)28-48(7)60(8,57)58/h1,10,13-14,17-18,31-34,36H,2,11-12,15-16,19-28H2,3-8H3,(H,44,53)(H,45,52)(H2,46,47,55)/t31-,32?,33+,34-,36-/m1/s1. The molecule has 17 heteroatoms. The number of ketones is 1. The molecule has 16 nitrogen and oxygen atoms in total. The Morgan fingerprint density at radius 1 is 1.07 bits per heavy atom. The molecule has 2 fully saturated rings. The van der Waals surface area contributed by atoms with Crippen molar-refractivity contribution in [2.75, 3.05) is 39.5 Å². The lowest BCUT2D eigenvalue weighted by atomic mass is 9.70. The van der Waals surface area contributed by atoms with Crippen LogP contribution in [0.5, 0.6) is 0 Å². The van der Waals surface area contributed by atoms with Crippen molar-refractivity contribution in [2.24, 2.45) is 10.8 Å². The summed E-state index contributed by atoms with van der Waals surface area (Å²) >= 11 is 0. The fraction of sp³-hybridized carbons (Fsp3) is 0.628. The molecule has 2 aliphatic heterocycles. The Morgan fingerprint density at radius 2 is 1.73 bits per heavy atom. The monoisotopic (exact) mass is 853 g/mol. The Labute approximate surface area is 355 Å². The largest absolute Gasteiger partial charge is 0.444 e. The van der Waals surface area contributed by atoms with E-state index in [1.807, 2.05) is 52.0 Å². The predicted molar refractivity (Wildman–Crippen MR) is 227 cm³/mol. The van der Waals surface area contributed by atoms with Gasteiger partial charge in [0.15, 0.2) is 0 Å². The summed E-state index contributed by atoms with van der Waals surface area (Å²) in [5.41, 5.74) is 0.786. The highest BCUT2D eigenvalue weighted by atomic mass is 32.2. The molecule has 0 bridgehead atoms. The van der Waals surface area contributed by atoms with Crippen LogP contribution in [0.3, 0.4) is 0 Å². The minimum Gasteiger partial charge on any atom is -0.444 e. The van der Waals surface area contributed by atoms with Crippen LogP contribution in [0.2, 0.25) is 0 Å². The Balaban J connectivity index is 1.66. The van der Waals surface area contributed by atoms with E-state index in [1.54, 1.807) is 4.90 Å². The van der Waals surface area contributed by atoms with E-state index >= 15 is 4.79 Å². The van der Waals surface area contributed by atoms with Crippen molar-refractivity contribution in [3.63, 3.8) is 0 Å². The van der Waals surface area contributed by atoms with Gasteiger partial charge >= 0.3 is 12.1 Å². The molecule has 2 heterocycles. The fourth-order valence-electron chi connectivity index (χ4n) is 8.03. The number of urea groups is 1. The average Bonchev–Trinajstić information content (AvgIpc) is 3.62. The van der Waals surface area contributed by atoms with Crippen molar-refractivity contribution in [3.8, 4) is 12.3 Å². The lowest BCUT2D eigenvalue weighted by Crippen LogP contribution is -2.63. The van der Waals surface area contributed by atoms with Crippen LogP contribution in [-0.4, -0.2) is 128 Å². The normalized spacial score (nSPS) is 20.4. The number of hydrogen-bond donors (Lipinski definition) is 4. The Morgan fingerprint density at radius 3 is 2.35 bits per heavy atom. The molecule has 6 amide bonds. The summed E-state index contributed by atoms with van der Waals surface area (Å²) in [6.07, 6.45) is 10.7. The third kappa shape index (κ3) is 12.5. The summed E-state index contributed by atoms with van der Waals surface area (Å²) in [6.45, 7) is 11.6. The molecule has 0 radical (unpaired) electrons. The van der Waals surface area contributed by atoms with Gasteiger partial charge in [0.1, 0.15) is 18.2 Å². The van der Waals surface area contributed by atoms with Crippen LogP contribution in [0.1, 0.15) is 90.2 Å². The molecule has 330 valence electrons. The number of sulfonamides is 1. The molecule has 1 saturated carbocycles. The van der Waals surface area contributed by atoms with Crippen molar-refractivity contribution >= 4 is 45.7 Å². The lowest BCUT2D eigenvalue weighted by Gasteiger charge is -2.43. The molecule has 1 aliphatic carbocycles. The average molecular weight is 854 g/mol. The summed E-state index contributed by atoms with van der Waals surface area (Å²) in [5, 5.41) is 10.9. The maximum atomic E-state index is 15.1. The van der Waals surface area contributed by atoms with Crippen molar-refractivity contribution in [3.05, 3.63) is 48.0 Å². The molecule has 4 rings (SSSR count). The molecule has 3 aliphatic rings. The van der Waals surface area contributed by atoms with Gasteiger partial charge in [-0.2, -0.15) is 0 Å². The summed E-state index contributed by atoms with van der Waals surface area (Å²) in [7, 11) is -2.15. The van der Waals surface area contributed by atoms with Crippen molar-refractivity contribution in [2.45, 2.75) is 122 Å². The molecule has 1 saturated heterocycles. The Bertz CT molecular complexity index is 1920. The van der Waals surface area contributed by atoms with E-state index in [9.17, 15) is 32.4 Å². The zero-order valence-electron chi connectivity index (χ0n) is 35.9. The van der Waals surface area contributed by atoms with Gasteiger partial charge in [0.05, 0.1) is 18.8 Å². The summed E-state index contributed by atoms with van der Waals surface area (Å²) < 4.78 is 31.8. The van der Waals surface area contributed by atoms with Gasteiger partial charge in [0.2, 0.25) is 27.6 Å². The molecule has 1 unspecified atom stereocenters. The number of likely N-dealkylation sites (tertiary alicyclic amines) is 1. The topological polar surface area (TPSA) is 204 Å². The SMILES string of the molecule is C#CCCC(NC(=O)[C@@H]1C[C@@H](OC(=O)N2CCc3ccccc3C2)CN1C(=O)[C@@H](NC(=O)N[C@H](CN(C)S(C)(=O)=O)C(C)(C)C)C1(C)CCCCC1)C(=O)C(=O)NCC=C. The predicted octanol–water partition coefficient (Wildman–Crippen LogP) is 2.86. The number of nitrogens with zero attached hydrogens (tertiary/aromatic N) is 3. The highest BCUT2D eigenvalue weighted by molar-refractivity contribution is 7.88. The van der Waals surface area contributed by atoms with Crippen LogP contribution in [-0.2, 0) is 46.9 Å². The maximum Gasteiger partial charge on any atom is 0.410 e. The number of ether oxygens (including phenoxy) is 1. The van der Waals surface area contributed by atoms with Crippen molar-refractivity contribution in [1.82, 2.24) is 35.4 Å². The van der Waals surface area contributed by atoms with E-state index in [0.717, 1.165) is 41.0 Å². The van der Waals surface area contributed by atoms with Crippen LogP contribution >= 0.6 is 0 Å². The first-order valence-electron chi connectivity index (χ1n) is 20.7. The molecule has 5 atom stereocenters. The van der Waals surface area contributed by atoms with E-state index in [2.05, 4.69) is 33.8 Å². The highest BCUT2D eigenvalue weighted by Gasteiger charge is 2.49. The van der Waals surface area contributed by atoms with Crippen molar-refractivity contribution in [1.29, 1.82) is 0 Å². The minimum absolute atomic E-state index is 0.0204. The van der Waals surface area contributed by atoms with E-state index < -0.39 is 86.8 Å². The summed E-state index contributed by atoms with van der Waals surface area (Å²) in [5.74, 6) is -0.781. The van der Waals surface area contributed by atoms with Crippen LogP contribution in [0.15, 0.2) is 36.9 Å².